The summed E-state index contributed by atoms with van der Waals surface area (Å²) in [5.41, 5.74) is 0. The van der Waals surface area contributed by atoms with Gasteiger partial charge < -0.3 is 10.0 Å². The third kappa shape index (κ3) is 3.29. The zero-order valence-electron chi connectivity index (χ0n) is 9.07. The Morgan fingerprint density at radius 3 is 2.64 bits per heavy atom. The van der Waals surface area contributed by atoms with Crippen LogP contribution in [0.3, 0.4) is 0 Å². The summed E-state index contributed by atoms with van der Waals surface area (Å²) in [6.07, 6.45) is 5.88. The van der Waals surface area contributed by atoms with E-state index in [-0.39, 0.29) is 11.8 Å². The van der Waals surface area contributed by atoms with Gasteiger partial charge in [-0.05, 0) is 39.0 Å². The third-order valence-electron chi connectivity index (χ3n) is 2.70. The van der Waals surface area contributed by atoms with Crippen LogP contribution in [0.4, 0.5) is 0 Å². The van der Waals surface area contributed by atoms with E-state index in [1.54, 1.807) is 18.9 Å². The molecule has 1 amide bonds. The van der Waals surface area contributed by atoms with Gasteiger partial charge in [-0.15, -0.1) is 0 Å². The van der Waals surface area contributed by atoms with Crippen LogP contribution in [0.15, 0.2) is 0 Å². The van der Waals surface area contributed by atoms with Crippen molar-refractivity contribution < 1.29 is 9.90 Å². The number of rotatable bonds is 3. The van der Waals surface area contributed by atoms with Gasteiger partial charge in [0.05, 0.1) is 6.10 Å². The quantitative estimate of drug-likeness (QED) is 0.740. The van der Waals surface area contributed by atoms with Crippen LogP contribution in [-0.4, -0.2) is 35.6 Å². The van der Waals surface area contributed by atoms with Crippen molar-refractivity contribution in [2.24, 2.45) is 5.92 Å². The van der Waals surface area contributed by atoms with Gasteiger partial charge in [-0.25, -0.2) is 0 Å². The summed E-state index contributed by atoms with van der Waals surface area (Å²) >= 11 is 0. The Morgan fingerprint density at radius 2 is 2.14 bits per heavy atom. The minimum absolute atomic E-state index is 0.184. The highest BCUT2D eigenvalue weighted by Gasteiger charge is 2.24. The van der Waals surface area contributed by atoms with Crippen LogP contribution in [0.1, 0.15) is 32.6 Å². The highest BCUT2D eigenvalue weighted by Crippen LogP contribution is 2.24. The van der Waals surface area contributed by atoms with E-state index in [1.165, 1.54) is 0 Å². The molecule has 0 heterocycles. The molecule has 0 saturated heterocycles. The zero-order valence-corrected chi connectivity index (χ0v) is 9.07. The monoisotopic (exact) mass is 198 g/mol. The van der Waals surface area contributed by atoms with E-state index in [2.05, 4.69) is 6.42 Å². The fourth-order valence-electron chi connectivity index (χ4n) is 1.97. The highest BCUT2D eigenvalue weighted by molar-refractivity contribution is 5.78. The van der Waals surface area contributed by atoms with Crippen molar-refractivity contribution in [2.45, 2.75) is 38.7 Å². The summed E-state index contributed by atoms with van der Waals surface area (Å²) in [5, 5.41) is 9.17. The maximum absolute atomic E-state index is 11.8. The summed E-state index contributed by atoms with van der Waals surface area (Å²) in [5.74, 6) is 0.378. The molecule has 3 nitrogen and oxygen atoms in total. The van der Waals surface area contributed by atoms with E-state index in [4.69, 9.17) is 5.11 Å². The average molecular weight is 198 g/mol. The van der Waals surface area contributed by atoms with E-state index >= 15 is 0 Å². The normalized spacial score (nSPS) is 20.5. The number of aliphatic hydroxyl groups is 1. The van der Waals surface area contributed by atoms with Crippen molar-refractivity contribution in [1.82, 2.24) is 4.90 Å². The predicted octanol–water partition coefficient (Wildman–Crippen LogP) is 1.22. The molecule has 1 atom stereocenters. The van der Waals surface area contributed by atoms with Gasteiger partial charge in [0.1, 0.15) is 0 Å². The van der Waals surface area contributed by atoms with E-state index < -0.39 is 6.10 Å². The maximum Gasteiger partial charge on any atom is 0.225 e. The lowest BCUT2D eigenvalue weighted by Gasteiger charge is -2.27. The molecule has 1 N–H and O–H groups in total. The SMILES string of the molecule is CC(O)CN(C)C(=O)C1CC[CH]CC1. The summed E-state index contributed by atoms with van der Waals surface area (Å²) in [6, 6.07) is 0. The summed E-state index contributed by atoms with van der Waals surface area (Å²) in [4.78, 5) is 13.5. The van der Waals surface area contributed by atoms with Crippen molar-refractivity contribution >= 4 is 5.91 Å². The first-order valence-corrected chi connectivity index (χ1v) is 5.36. The number of carbonyl (C=O) groups is 1. The van der Waals surface area contributed by atoms with Gasteiger partial charge in [0.2, 0.25) is 5.91 Å². The van der Waals surface area contributed by atoms with Gasteiger partial charge >= 0.3 is 0 Å². The Balaban J connectivity index is 2.38. The molecule has 1 radical (unpaired) electrons. The van der Waals surface area contributed by atoms with Crippen LogP contribution < -0.4 is 0 Å². The van der Waals surface area contributed by atoms with Gasteiger partial charge in [-0.3, -0.25) is 4.79 Å². The van der Waals surface area contributed by atoms with Crippen molar-refractivity contribution in [3.63, 3.8) is 0 Å². The van der Waals surface area contributed by atoms with Crippen LogP contribution in [0.2, 0.25) is 0 Å². The van der Waals surface area contributed by atoms with Gasteiger partial charge in [-0.2, -0.15) is 0 Å². The van der Waals surface area contributed by atoms with Crippen molar-refractivity contribution in [2.75, 3.05) is 13.6 Å². The third-order valence-corrected chi connectivity index (χ3v) is 2.70. The summed E-state index contributed by atoms with van der Waals surface area (Å²) < 4.78 is 0. The fourth-order valence-corrected chi connectivity index (χ4v) is 1.97. The molecule has 1 aliphatic carbocycles. The van der Waals surface area contributed by atoms with Crippen LogP contribution in [-0.2, 0) is 4.79 Å². The zero-order chi connectivity index (χ0) is 10.6. The van der Waals surface area contributed by atoms with Crippen molar-refractivity contribution in [3.8, 4) is 0 Å². The lowest BCUT2D eigenvalue weighted by Crippen LogP contribution is -2.38. The average Bonchev–Trinajstić information content (AvgIpc) is 2.17. The molecule has 14 heavy (non-hydrogen) atoms. The van der Waals surface area contributed by atoms with E-state index in [0.717, 1.165) is 25.7 Å². The van der Waals surface area contributed by atoms with Crippen LogP contribution in [0, 0.1) is 12.3 Å². The molecule has 1 fully saturated rings. The molecule has 0 aromatic carbocycles. The molecule has 1 rings (SSSR count). The smallest absolute Gasteiger partial charge is 0.225 e. The molecule has 1 saturated carbocycles. The van der Waals surface area contributed by atoms with Crippen LogP contribution in [0.5, 0.6) is 0 Å². The maximum atomic E-state index is 11.8. The van der Waals surface area contributed by atoms with Gasteiger partial charge in [0, 0.05) is 19.5 Å². The topological polar surface area (TPSA) is 40.5 Å². The van der Waals surface area contributed by atoms with E-state index in [1.807, 2.05) is 0 Å². The lowest BCUT2D eigenvalue weighted by atomic mass is 9.88. The molecule has 0 spiro atoms. The number of carbonyl (C=O) groups excluding carboxylic acids is 1. The lowest BCUT2D eigenvalue weighted by molar-refractivity contribution is -0.136. The van der Waals surface area contributed by atoms with Gasteiger partial charge in [0.15, 0.2) is 0 Å². The number of nitrogens with zero attached hydrogens (tertiary/aromatic N) is 1. The Labute approximate surface area is 86.1 Å². The Bertz CT molecular complexity index is 186. The standard InChI is InChI=1S/C11H20NO2/c1-9(13)8-12(2)11(14)10-6-4-3-5-7-10/h3,9-10,13H,4-8H2,1-2H3. The number of aliphatic hydroxyl groups excluding tert-OH is 1. The first-order valence-electron chi connectivity index (χ1n) is 5.36. The molecule has 81 valence electrons. The van der Waals surface area contributed by atoms with Gasteiger partial charge in [-0.1, -0.05) is 0 Å². The van der Waals surface area contributed by atoms with E-state index in [9.17, 15) is 4.79 Å². The predicted molar refractivity (Wildman–Crippen MR) is 55.6 cm³/mol. The summed E-state index contributed by atoms with van der Waals surface area (Å²) in [6.45, 7) is 2.15. The second kappa shape index (κ2) is 5.35. The first-order chi connectivity index (χ1) is 6.61. The second-order valence-electron chi connectivity index (χ2n) is 4.21. The molecule has 1 unspecified atom stereocenters. The molecule has 3 heteroatoms. The fraction of sp³-hybridized carbons (Fsp3) is 0.818. The Hall–Kier alpha value is -0.570. The van der Waals surface area contributed by atoms with Crippen LogP contribution >= 0.6 is 0 Å². The minimum Gasteiger partial charge on any atom is -0.392 e. The highest BCUT2D eigenvalue weighted by atomic mass is 16.3. The first kappa shape index (κ1) is 11.5. The molecule has 0 aromatic rings. The Kier molecular flexibility index (Phi) is 4.39. The van der Waals surface area contributed by atoms with Gasteiger partial charge in [0.25, 0.3) is 0 Å². The summed E-state index contributed by atoms with van der Waals surface area (Å²) in [7, 11) is 1.77. The molecular formula is C11H20NO2. The number of amides is 1. The molecular weight excluding hydrogens is 178 g/mol. The van der Waals surface area contributed by atoms with Crippen LogP contribution in [0.25, 0.3) is 0 Å². The van der Waals surface area contributed by atoms with E-state index in [0.29, 0.717) is 6.54 Å². The number of hydrogen-bond donors (Lipinski definition) is 1. The molecule has 0 aliphatic heterocycles. The number of likely N-dealkylation sites (N-methyl/N-ethyl adjacent to an activating group) is 1. The molecule has 0 aromatic heterocycles. The number of hydrogen-bond acceptors (Lipinski definition) is 2. The molecule has 1 aliphatic rings. The minimum atomic E-state index is -0.431. The Morgan fingerprint density at radius 1 is 1.57 bits per heavy atom. The van der Waals surface area contributed by atoms with Crippen molar-refractivity contribution in [1.29, 1.82) is 0 Å². The largest absolute Gasteiger partial charge is 0.392 e. The second-order valence-corrected chi connectivity index (χ2v) is 4.21. The molecule has 0 bridgehead atoms. The van der Waals surface area contributed by atoms with Crippen molar-refractivity contribution in [3.05, 3.63) is 6.42 Å².